The number of rotatable bonds is 6. The maximum absolute atomic E-state index is 6.07. The maximum atomic E-state index is 6.07. The number of aromatic nitrogens is 3. The quantitative estimate of drug-likeness (QED) is 0.883. The van der Waals surface area contributed by atoms with Crippen LogP contribution in [0.2, 0.25) is 0 Å². The first-order chi connectivity index (χ1) is 11.4. The van der Waals surface area contributed by atoms with Gasteiger partial charge in [0.15, 0.2) is 0 Å². The Bertz CT molecular complexity index is 717. The van der Waals surface area contributed by atoms with Gasteiger partial charge < -0.3 is 14.6 Å². The van der Waals surface area contributed by atoms with Crippen LogP contribution in [-0.4, -0.2) is 34.8 Å². The van der Waals surface area contributed by atoms with Gasteiger partial charge in [-0.15, -0.1) is 0 Å². The van der Waals surface area contributed by atoms with Gasteiger partial charge in [0.2, 0.25) is 11.7 Å². The number of pyridine rings is 1. The Labute approximate surface area is 134 Å². The summed E-state index contributed by atoms with van der Waals surface area (Å²) >= 11 is 0. The van der Waals surface area contributed by atoms with E-state index < -0.39 is 0 Å². The van der Waals surface area contributed by atoms with Crippen LogP contribution < -0.4 is 10.1 Å². The van der Waals surface area contributed by atoms with Crippen molar-refractivity contribution in [2.24, 2.45) is 5.92 Å². The molecule has 2 saturated carbocycles. The summed E-state index contributed by atoms with van der Waals surface area (Å²) in [7, 11) is 0. The van der Waals surface area contributed by atoms with Crippen LogP contribution in [0.3, 0.4) is 0 Å². The van der Waals surface area contributed by atoms with Crippen LogP contribution in [0.1, 0.15) is 49.0 Å². The molecule has 23 heavy (non-hydrogen) atoms. The highest BCUT2D eigenvalue weighted by Crippen LogP contribution is 2.45. The zero-order valence-electron chi connectivity index (χ0n) is 13.0. The van der Waals surface area contributed by atoms with Gasteiger partial charge in [-0.05, 0) is 37.5 Å². The van der Waals surface area contributed by atoms with Gasteiger partial charge in [-0.25, -0.2) is 0 Å². The van der Waals surface area contributed by atoms with E-state index in [0.29, 0.717) is 23.6 Å². The molecule has 2 aliphatic carbocycles. The number of nitrogens with zero attached hydrogens (tertiary/aromatic N) is 3. The van der Waals surface area contributed by atoms with Crippen LogP contribution in [0, 0.1) is 5.92 Å². The Balaban J connectivity index is 1.42. The van der Waals surface area contributed by atoms with Gasteiger partial charge in [-0.1, -0.05) is 5.16 Å². The minimum atomic E-state index is 0.340. The lowest BCUT2D eigenvalue weighted by Gasteiger charge is -2.22. The molecule has 5 rings (SSSR count). The van der Waals surface area contributed by atoms with E-state index in [0.717, 1.165) is 37.1 Å². The van der Waals surface area contributed by atoms with Crippen LogP contribution in [0.4, 0.5) is 0 Å². The molecule has 0 bridgehead atoms. The molecule has 0 aromatic carbocycles. The Kier molecular flexibility index (Phi) is 3.11. The van der Waals surface area contributed by atoms with Crippen molar-refractivity contribution in [2.45, 2.75) is 37.5 Å². The summed E-state index contributed by atoms with van der Waals surface area (Å²) in [4.78, 5) is 9.05. The van der Waals surface area contributed by atoms with Crippen LogP contribution in [0.15, 0.2) is 16.8 Å². The summed E-state index contributed by atoms with van der Waals surface area (Å²) in [6, 6.07) is 1.99. The molecule has 0 unspecified atom stereocenters. The van der Waals surface area contributed by atoms with Crippen LogP contribution in [0.5, 0.6) is 5.75 Å². The van der Waals surface area contributed by atoms with E-state index in [1.165, 1.54) is 31.2 Å². The molecule has 3 fully saturated rings. The van der Waals surface area contributed by atoms with Gasteiger partial charge in [0.05, 0.1) is 12.5 Å². The molecule has 2 aromatic heterocycles. The van der Waals surface area contributed by atoms with E-state index in [1.807, 2.05) is 12.3 Å². The van der Waals surface area contributed by atoms with E-state index in [2.05, 4.69) is 20.4 Å². The van der Waals surface area contributed by atoms with Gasteiger partial charge in [0.1, 0.15) is 11.4 Å². The van der Waals surface area contributed by atoms with Crippen molar-refractivity contribution in [2.75, 3.05) is 19.7 Å². The summed E-state index contributed by atoms with van der Waals surface area (Å²) in [5.41, 5.74) is 1.98. The molecular formula is C17H20N4O2. The fraction of sp³-hybridized carbons (Fsp3) is 0.588. The first kappa shape index (κ1) is 13.5. The fourth-order valence-corrected chi connectivity index (χ4v) is 2.86. The van der Waals surface area contributed by atoms with Crippen LogP contribution in [0.25, 0.3) is 11.5 Å². The van der Waals surface area contributed by atoms with Crippen molar-refractivity contribution < 1.29 is 9.26 Å². The third-order valence-corrected chi connectivity index (χ3v) is 4.89. The van der Waals surface area contributed by atoms with Crippen LogP contribution in [-0.2, 0) is 0 Å². The lowest BCUT2D eigenvalue weighted by molar-refractivity contribution is 0.296. The van der Waals surface area contributed by atoms with Gasteiger partial charge in [-0.3, -0.25) is 4.98 Å². The zero-order valence-corrected chi connectivity index (χ0v) is 13.0. The second kappa shape index (κ2) is 5.30. The lowest BCUT2D eigenvalue weighted by atomic mass is 10.0. The minimum absolute atomic E-state index is 0.340. The molecular weight excluding hydrogens is 292 g/mol. The summed E-state index contributed by atoms with van der Waals surface area (Å²) < 4.78 is 11.5. The van der Waals surface area contributed by atoms with Crippen molar-refractivity contribution in [3.8, 4) is 17.3 Å². The molecule has 0 radical (unpaired) electrons. The predicted molar refractivity (Wildman–Crippen MR) is 83.3 cm³/mol. The molecule has 6 heteroatoms. The highest BCUT2D eigenvalue weighted by Gasteiger charge is 2.30. The van der Waals surface area contributed by atoms with Crippen molar-refractivity contribution >= 4 is 0 Å². The van der Waals surface area contributed by atoms with Crippen molar-refractivity contribution in [1.82, 2.24) is 20.4 Å². The zero-order chi connectivity index (χ0) is 15.2. The van der Waals surface area contributed by atoms with E-state index in [9.17, 15) is 0 Å². The monoisotopic (exact) mass is 312 g/mol. The Morgan fingerprint density at radius 2 is 2.04 bits per heavy atom. The standard InChI is InChI=1S/C17H20N4O2/c1-2-10(1)9-22-15-5-14(19-8-13(15)11-3-4-11)16-20-17(23-21-16)12-6-18-7-12/h5,8,10-12,18H,1-4,6-7,9H2. The van der Waals surface area contributed by atoms with E-state index in [-0.39, 0.29) is 0 Å². The minimum Gasteiger partial charge on any atom is -0.493 e. The van der Waals surface area contributed by atoms with E-state index in [4.69, 9.17) is 9.26 Å². The van der Waals surface area contributed by atoms with Gasteiger partial charge in [0, 0.05) is 30.9 Å². The average Bonchev–Trinajstić information content (AvgIpc) is 3.43. The third kappa shape index (κ3) is 2.72. The Morgan fingerprint density at radius 3 is 2.74 bits per heavy atom. The smallest absolute Gasteiger partial charge is 0.232 e. The summed E-state index contributed by atoms with van der Waals surface area (Å²) in [5, 5.41) is 7.31. The fourth-order valence-electron chi connectivity index (χ4n) is 2.86. The second-order valence-corrected chi connectivity index (χ2v) is 6.95. The maximum Gasteiger partial charge on any atom is 0.232 e. The third-order valence-electron chi connectivity index (χ3n) is 4.89. The first-order valence-electron chi connectivity index (χ1n) is 8.54. The average molecular weight is 312 g/mol. The van der Waals surface area contributed by atoms with Crippen molar-refractivity contribution in [3.05, 3.63) is 23.7 Å². The Hall–Kier alpha value is -1.95. The van der Waals surface area contributed by atoms with Gasteiger partial charge in [-0.2, -0.15) is 4.98 Å². The normalized spacial score (nSPS) is 21.2. The highest BCUT2D eigenvalue weighted by molar-refractivity contribution is 5.54. The highest BCUT2D eigenvalue weighted by atomic mass is 16.5. The number of ether oxygens (including phenoxy) is 1. The SMILES string of the molecule is c1c(-c2noc(C3CNC3)n2)ncc(C2CC2)c1OCC1CC1. The first-order valence-corrected chi connectivity index (χ1v) is 8.54. The summed E-state index contributed by atoms with van der Waals surface area (Å²) in [5.74, 6) is 3.92. The molecule has 1 saturated heterocycles. The molecule has 0 spiro atoms. The molecule has 6 nitrogen and oxygen atoms in total. The Morgan fingerprint density at radius 1 is 1.17 bits per heavy atom. The topological polar surface area (TPSA) is 73.1 Å². The van der Waals surface area contributed by atoms with Gasteiger partial charge >= 0.3 is 0 Å². The summed E-state index contributed by atoms with van der Waals surface area (Å²) in [6.07, 6.45) is 7.00. The van der Waals surface area contributed by atoms with Crippen molar-refractivity contribution in [1.29, 1.82) is 0 Å². The molecule has 0 amide bonds. The summed E-state index contributed by atoms with van der Waals surface area (Å²) in [6.45, 7) is 2.63. The molecule has 1 N–H and O–H groups in total. The van der Waals surface area contributed by atoms with Crippen molar-refractivity contribution in [3.63, 3.8) is 0 Å². The van der Waals surface area contributed by atoms with E-state index >= 15 is 0 Å². The number of hydrogen-bond donors (Lipinski definition) is 1. The molecule has 1 aliphatic heterocycles. The predicted octanol–water partition coefficient (Wildman–Crippen LogP) is 2.48. The molecule has 0 atom stereocenters. The molecule has 2 aromatic rings. The molecule has 120 valence electrons. The van der Waals surface area contributed by atoms with Gasteiger partial charge in [0.25, 0.3) is 0 Å². The number of nitrogens with one attached hydrogen (secondary N) is 1. The van der Waals surface area contributed by atoms with E-state index in [1.54, 1.807) is 0 Å². The molecule has 3 heterocycles. The lowest BCUT2D eigenvalue weighted by Crippen LogP contribution is -2.40. The second-order valence-electron chi connectivity index (χ2n) is 6.95. The number of hydrogen-bond acceptors (Lipinski definition) is 6. The van der Waals surface area contributed by atoms with Crippen LogP contribution >= 0.6 is 0 Å². The largest absolute Gasteiger partial charge is 0.493 e. The molecule has 3 aliphatic rings.